The first-order chi connectivity index (χ1) is 10.3. The van der Waals surface area contributed by atoms with Gasteiger partial charge in [0, 0.05) is 0 Å². The van der Waals surface area contributed by atoms with Gasteiger partial charge in [-0.3, -0.25) is 0 Å². The van der Waals surface area contributed by atoms with Crippen LogP contribution in [0.15, 0.2) is 40.8 Å². The SMILES string of the molecule is CCc1ccc2oc(-c3cccc(OC)c3OC)nc2c1. The van der Waals surface area contributed by atoms with Gasteiger partial charge >= 0.3 is 0 Å². The van der Waals surface area contributed by atoms with Crippen LogP contribution in [0.3, 0.4) is 0 Å². The van der Waals surface area contributed by atoms with Crippen molar-refractivity contribution in [2.45, 2.75) is 13.3 Å². The molecule has 0 atom stereocenters. The molecule has 0 aliphatic rings. The van der Waals surface area contributed by atoms with Gasteiger partial charge in [0.05, 0.1) is 19.8 Å². The molecule has 4 heteroatoms. The Bertz CT molecular complexity index is 777. The van der Waals surface area contributed by atoms with Gasteiger partial charge in [0.15, 0.2) is 17.1 Å². The summed E-state index contributed by atoms with van der Waals surface area (Å²) >= 11 is 0. The molecule has 4 nitrogen and oxygen atoms in total. The molecule has 0 bridgehead atoms. The first-order valence-corrected chi connectivity index (χ1v) is 6.87. The lowest BCUT2D eigenvalue weighted by Gasteiger charge is -2.09. The van der Waals surface area contributed by atoms with Crippen molar-refractivity contribution >= 4 is 11.1 Å². The lowest BCUT2D eigenvalue weighted by molar-refractivity contribution is 0.355. The minimum absolute atomic E-state index is 0.536. The Labute approximate surface area is 123 Å². The molecule has 108 valence electrons. The molecule has 0 amide bonds. The predicted octanol–water partition coefficient (Wildman–Crippen LogP) is 4.07. The number of hydrogen-bond acceptors (Lipinski definition) is 4. The van der Waals surface area contributed by atoms with Crippen LogP contribution in [-0.2, 0) is 6.42 Å². The van der Waals surface area contributed by atoms with E-state index in [1.807, 2.05) is 24.3 Å². The van der Waals surface area contributed by atoms with Crippen molar-refractivity contribution in [3.05, 3.63) is 42.0 Å². The predicted molar refractivity (Wildman–Crippen MR) is 81.9 cm³/mol. The van der Waals surface area contributed by atoms with Gasteiger partial charge in [-0.25, -0.2) is 4.98 Å². The number of hydrogen-bond donors (Lipinski definition) is 0. The number of aryl methyl sites for hydroxylation is 1. The highest BCUT2D eigenvalue weighted by atomic mass is 16.5. The number of ether oxygens (including phenoxy) is 2. The highest BCUT2D eigenvalue weighted by Crippen LogP contribution is 2.38. The summed E-state index contributed by atoms with van der Waals surface area (Å²) in [6.07, 6.45) is 0.973. The van der Waals surface area contributed by atoms with Crippen molar-refractivity contribution in [3.63, 3.8) is 0 Å². The standard InChI is InChI=1S/C17H17NO3/c1-4-11-8-9-14-13(10-11)18-17(21-14)12-6-5-7-15(19-2)16(12)20-3/h5-10H,4H2,1-3H3. The fraction of sp³-hybridized carbons (Fsp3) is 0.235. The van der Waals surface area contributed by atoms with Crippen LogP contribution in [0.2, 0.25) is 0 Å². The summed E-state index contributed by atoms with van der Waals surface area (Å²) in [4.78, 5) is 4.57. The molecule has 0 N–H and O–H groups in total. The molecule has 0 spiro atoms. The van der Waals surface area contributed by atoms with E-state index in [0.29, 0.717) is 17.4 Å². The zero-order chi connectivity index (χ0) is 14.8. The van der Waals surface area contributed by atoms with Crippen LogP contribution in [0, 0.1) is 0 Å². The highest BCUT2D eigenvalue weighted by Gasteiger charge is 2.16. The van der Waals surface area contributed by atoms with E-state index >= 15 is 0 Å². The Hall–Kier alpha value is -2.49. The van der Waals surface area contributed by atoms with Gasteiger partial charge in [0.25, 0.3) is 0 Å². The third-order valence-electron chi connectivity index (χ3n) is 3.49. The number of nitrogens with zero attached hydrogens (tertiary/aromatic N) is 1. The van der Waals surface area contributed by atoms with E-state index in [1.165, 1.54) is 5.56 Å². The molecular formula is C17H17NO3. The maximum atomic E-state index is 5.85. The van der Waals surface area contributed by atoms with Crippen LogP contribution in [0.1, 0.15) is 12.5 Å². The summed E-state index contributed by atoms with van der Waals surface area (Å²) in [5, 5.41) is 0. The summed E-state index contributed by atoms with van der Waals surface area (Å²) in [5.74, 6) is 1.82. The van der Waals surface area contributed by atoms with Gasteiger partial charge in [0.1, 0.15) is 5.52 Å². The molecule has 1 aromatic heterocycles. The highest BCUT2D eigenvalue weighted by molar-refractivity contribution is 5.79. The van der Waals surface area contributed by atoms with Crippen molar-refractivity contribution in [1.29, 1.82) is 0 Å². The van der Waals surface area contributed by atoms with Crippen LogP contribution >= 0.6 is 0 Å². The van der Waals surface area contributed by atoms with E-state index in [-0.39, 0.29) is 0 Å². The summed E-state index contributed by atoms with van der Waals surface area (Å²) < 4.78 is 16.6. The second-order valence-electron chi connectivity index (χ2n) is 4.72. The Morgan fingerprint density at radius 2 is 1.95 bits per heavy atom. The molecular weight excluding hydrogens is 266 g/mol. The summed E-state index contributed by atoms with van der Waals surface area (Å²) in [6.45, 7) is 2.12. The topological polar surface area (TPSA) is 44.5 Å². The minimum atomic E-state index is 0.536. The molecule has 0 aliphatic carbocycles. The third-order valence-corrected chi connectivity index (χ3v) is 3.49. The Balaban J connectivity index is 2.16. The van der Waals surface area contributed by atoms with Crippen LogP contribution in [0.25, 0.3) is 22.6 Å². The van der Waals surface area contributed by atoms with Crippen molar-refractivity contribution < 1.29 is 13.9 Å². The number of aromatic nitrogens is 1. The zero-order valence-corrected chi connectivity index (χ0v) is 12.3. The maximum absolute atomic E-state index is 5.85. The summed E-state index contributed by atoms with van der Waals surface area (Å²) in [5.41, 5.74) is 3.65. The van der Waals surface area contributed by atoms with E-state index in [1.54, 1.807) is 14.2 Å². The fourth-order valence-corrected chi connectivity index (χ4v) is 2.36. The largest absolute Gasteiger partial charge is 0.493 e. The molecule has 1 heterocycles. The van der Waals surface area contributed by atoms with E-state index in [4.69, 9.17) is 13.9 Å². The van der Waals surface area contributed by atoms with Crippen LogP contribution in [0.5, 0.6) is 11.5 Å². The van der Waals surface area contributed by atoms with Gasteiger partial charge in [0.2, 0.25) is 5.89 Å². The van der Waals surface area contributed by atoms with E-state index in [0.717, 1.165) is 23.1 Å². The molecule has 2 aromatic carbocycles. The fourth-order valence-electron chi connectivity index (χ4n) is 2.36. The van der Waals surface area contributed by atoms with E-state index < -0.39 is 0 Å². The Morgan fingerprint density at radius 3 is 2.67 bits per heavy atom. The molecule has 3 aromatic rings. The molecule has 0 unspecified atom stereocenters. The van der Waals surface area contributed by atoms with Crippen molar-refractivity contribution in [2.75, 3.05) is 14.2 Å². The summed E-state index contributed by atoms with van der Waals surface area (Å²) in [7, 11) is 3.22. The zero-order valence-electron chi connectivity index (χ0n) is 12.3. The quantitative estimate of drug-likeness (QED) is 0.724. The van der Waals surface area contributed by atoms with Crippen LogP contribution in [-0.4, -0.2) is 19.2 Å². The van der Waals surface area contributed by atoms with Gasteiger partial charge in [-0.05, 0) is 36.2 Å². The summed E-state index contributed by atoms with van der Waals surface area (Å²) in [6, 6.07) is 11.7. The van der Waals surface area contributed by atoms with Gasteiger partial charge in [-0.2, -0.15) is 0 Å². The maximum Gasteiger partial charge on any atom is 0.231 e. The lowest BCUT2D eigenvalue weighted by atomic mass is 10.1. The van der Waals surface area contributed by atoms with Crippen molar-refractivity contribution in [2.24, 2.45) is 0 Å². The molecule has 0 radical (unpaired) electrons. The number of para-hydroxylation sites is 1. The van der Waals surface area contributed by atoms with Crippen molar-refractivity contribution in [3.8, 4) is 23.0 Å². The number of rotatable bonds is 4. The molecule has 21 heavy (non-hydrogen) atoms. The average molecular weight is 283 g/mol. The van der Waals surface area contributed by atoms with Gasteiger partial charge in [-0.15, -0.1) is 0 Å². The van der Waals surface area contributed by atoms with Gasteiger partial charge in [-0.1, -0.05) is 19.1 Å². The van der Waals surface area contributed by atoms with Crippen LogP contribution < -0.4 is 9.47 Å². The molecule has 0 saturated carbocycles. The molecule has 0 aliphatic heterocycles. The smallest absolute Gasteiger partial charge is 0.231 e. The molecule has 0 fully saturated rings. The van der Waals surface area contributed by atoms with Crippen LogP contribution in [0.4, 0.5) is 0 Å². The second kappa shape index (κ2) is 5.48. The molecule has 0 saturated heterocycles. The van der Waals surface area contributed by atoms with Gasteiger partial charge < -0.3 is 13.9 Å². The number of methoxy groups -OCH3 is 2. The first kappa shape index (κ1) is 13.5. The Morgan fingerprint density at radius 1 is 1.10 bits per heavy atom. The molecule has 3 rings (SSSR count). The average Bonchev–Trinajstić information content (AvgIpc) is 2.96. The number of fused-ring (bicyclic) bond motifs is 1. The van der Waals surface area contributed by atoms with E-state index in [2.05, 4.69) is 24.0 Å². The van der Waals surface area contributed by atoms with Crippen molar-refractivity contribution in [1.82, 2.24) is 4.98 Å². The second-order valence-corrected chi connectivity index (χ2v) is 4.72. The Kier molecular flexibility index (Phi) is 3.52. The lowest BCUT2D eigenvalue weighted by Crippen LogP contribution is -1.93. The third kappa shape index (κ3) is 2.33. The number of benzene rings is 2. The first-order valence-electron chi connectivity index (χ1n) is 6.87. The monoisotopic (exact) mass is 283 g/mol. The van der Waals surface area contributed by atoms with E-state index in [9.17, 15) is 0 Å². The normalized spacial score (nSPS) is 10.8. The minimum Gasteiger partial charge on any atom is -0.493 e. The number of oxazole rings is 1.